The van der Waals surface area contributed by atoms with Crippen molar-refractivity contribution in [2.45, 2.75) is 12.5 Å². The van der Waals surface area contributed by atoms with Gasteiger partial charge in [-0.25, -0.2) is 0 Å². The number of nitrogens with zero attached hydrogens (tertiary/aromatic N) is 1. The molecular weight excluding hydrogens is 390 g/mol. The van der Waals surface area contributed by atoms with E-state index in [-0.39, 0.29) is 11.9 Å². The van der Waals surface area contributed by atoms with Gasteiger partial charge in [0.05, 0.1) is 20.3 Å². The lowest BCUT2D eigenvalue weighted by Crippen LogP contribution is -2.39. The van der Waals surface area contributed by atoms with Crippen LogP contribution in [0.15, 0.2) is 53.2 Å². The third-order valence-corrected chi connectivity index (χ3v) is 6.67. The van der Waals surface area contributed by atoms with Crippen molar-refractivity contribution < 1.29 is 14.3 Å². The zero-order valence-corrected chi connectivity index (χ0v) is 17.4. The quantitative estimate of drug-likeness (QED) is 0.554. The third-order valence-electron chi connectivity index (χ3n) is 4.90. The van der Waals surface area contributed by atoms with Crippen molar-refractivity contribution in [3.8, 4) is 11.5 Å². The summed E-state index contributed by atoms with van der Waals surface area (Å²) in [6.45, 7) is 0.665. The number of carbonyl (C=O) groups is 1. The van der Waals surface area contributed by atoms with E-state index in [1.54, 1.807) is 43.0 Å². The topological polar surface area (TPSA) is 38.8 Å². The molecule has 0 fully saturated rings. The van der Waals surface area contributed by atoms with Crippen LogP contribution in [0, 0.1) is 0 Å². The number of methoxy groups -OCH3 is 2. The predicted molar refractivity (Wildman–Crippen MR) is 114 cm³/mol. The summed E-state index contributed by atoms with van der Waals surface area (Å²) in [5, 5.41) is 4.06. The summed E-state index contributed by atoms with van der Waals surface area (Å²) < 4.78 is 11.0. The Hall–Kier alpha value is -2.57. The minimum Gasteiger partial charge on any atom is -0.493 e. The Morgan fingerprint density at radius 1 is 1.11 bits per heavy atom. The second-order valence-electron chi connectivity index (χ2n) is 6.45. The second-order valence-corrected chi connectivity index (χ2v) is 8.41. The van der Waals surface area contributed by atoms with Crippen molar-refractivity contribution in [2.24, 2.45) is 0 Å². The van der Waals surface area contributed by atoms with Gasteiger partial charge < -0.3 is 14.4 Å². The van der Waals surface area contributed by atoms with Crippen LogP contribution in [0.5, 0.6) is 11.5 Å². The molecule has 0 saturated heterocycles. The summed E-state index contributed by atoms with van der Waals surface area (Å²) in [6.07, 6.45) is 4.36. The van der Waals surface area contributed by atoms with Gasteiger partial charge in [0.1, 0.15) is 0 Å². The molecule has 0 N–H and O–H groups in total. The Bertz CT molecular complexity index is 978. The van der Waals surface area contributed by atoms with Crippen molar-refractivity contribution in [3.63, 3.8) is 0 Å². The molecule has 3 heterocycles. The standard InChI is InChI=1S/C22H21NO3S2/c1-25-18-13-15-9-10-23(21(24)8-7-16-5-3-11-27-16)22(20-6-4-12-28-20)17(15)14-19(18)26-2/h3-8,11-14,22H,9-10H2,1-2H3/b8-7+/t22-/m0/s1. The summed E-state index contributed by atoms with van der Waals surface area (Å²) in [6, 6.07) is 12.0. The highest BCUT2D eigenvalue weighted by atomic mass is 32.1. The lowest BCUT2D eigenvalue weighted by Gasteiger charge is -2.37. The Morgan fingerprint density at radius 2 is 1.86 bits per heavy atom. The molecule has 4 rings (SSSR count). The molecule has 0 unspecified atom stereocenters. The van der Waals surface area contributed by atoms with Gasteiger partial charge in [0.15, 0.2) is 11.5 Å². The van der Waals surface area contributed by atoms with E-state index in [4.69, 9.17) is 9.47 Å². The number of carbonyl (C=O) groups excluding carboxylic acids is 1. The molecular formula is C22H21NO3S2. The lowest BCUT2D eigenvalue weighted by atomic mass is 9.90. The van der Waals surface area contributed by atoms with E-state index in [1.165, 1.54) is 5.56 Å². The molecule has 28 heavy (non-hydrogen) atoms. The molecule has 0 spiro atoms. The Balaban J connectivity index is 1.73. The van der Waals surface area contributed by atoms with Crippen molar-refractivity contribution >= 4 is 34.7 Å². The first-order valence-corrected chi connectivity index (χ1v) is 10.8. The highest BCUT2D eigenvalue weighted by Crippen LogP contribution is 2.42. The number of thiophene rings is 2. The number of rotatable bonds is 5. The molecule has 0 aliphatic carbocycles. The van der Waals surface area contributed by atoms with Gasteiger partial charge >= 0.3 is 0 Å². The summed E-state index contributed by atoms with van der Waals surface area (Å²) in [7, 11) is 3.29. The zero-order valence-electron chi connectivity index (χ0n) is 15.8. The van der Waals surface area contributed by atoms with Crippen LogP contribution in [0.4, 0.5) is 0 Å². The number of hydrogen-bond acceptors (Lipinski definition) is 5. The molecule has 0 saturated carbocycles. The van der Waals surface area contributed by atoms with Gasteiger partial charge in [-0.1, -0.05) is 12.1 Å². The Labute approximate surface area is 172 Å². The van der Waals surface area contributed by atoms with Crippen molar-refractivity contribution in [3.05, 3.63) is 74.1 Å². The van der Waals surface area contributed by atoms with Crippen molar-refractivity contribution in [1.82, 2.24) is 4.90 Å². The van der Waals surface area contributed by atoms with Gasteiger partial charge in [-0.05, 0) is 58.6 Å². The van der Waals surface area contributed by atoms with Crippen LogP contribution in [0.2, 0.25) is 0 Å². The Morgan fingerprint density at radius 3 is 2.54 bits per heavy atom. The largest absolute Gasteiger partial charge is 0.493 e. The fourth-order valence-corrected chi connectivity index (χ4v) is 5.04. The van der Waals surface area contributed by atoms with Crippen molar-refractivity contribution in [2.75, 3.05) is 20.8 Å². The summed E-state index contributed by atoms with van der Waals surface area (Å²) in [4.78, 5) is 17.2. The van der Waals surface area contributed by atoms with Crippen LogP contribution >= 0.6 is 22.7 Å². The highest BCUT2D eigenvalue weighted by Gasteiger charge is 2.33. The van der Waals surface area contributed by atoms with Crippen LogP contribution in [-0.2, 0) is 11.2 Å². The van der Waals surface area contributed by atoms with E-state index in [1.807, 2.05) is 46.7 Å². The Kier molecular flexibility index (Phi) is 5.50. The number of ether oxygens (including phenoxy) is 2. The first-order valence-electron chi connectivity index (χ1n) is 9.01. The van der Waals surface area contributed by atoms with E-state index in [0.29, 0.717) is 12.3 Å². The van der Waals surface area contributed by atoms with Gasteiger partial charge in [-0.3, -0.25) is 4.79 Å². The lowest BCUT2D eigenvalue weighted by molar-refractivity contribution is -0.127. The van der Waals surface area contributed by atoms with Gasteiger partial charge in [-0.15, -0.1) is 22.7 Å². The molecule has 1 aliphatic heterocycles. The molecule has 0 bridgehead atoms. The minimum atomic E-state index is -0.121. The van der Waals surface area contributed by atoms with Crippen LogP contribution in [-0.4, -0.2) is 31.6 Å². The van der Waals surface area contributed by atoms with E-state index in [9.17, 15) is 4.79 Å². The molecule has 6 heteroatoms. The number of benzene rings is 1. The molecule has 2 aromatic heterocycles. The van der Waals surface area contributed by atoms with E-state index in [2.05, 4.69) is 11.4 Å². The number of amides is 1. The molecule has 1 aromatic carbocycles. The summed E-state index contributed by atoms with van der Waals surface area (Å²) in [5.74, 6) is 1.43. The SMILES string of the molecule is COc1cc2c(cc1OC)[C@@H](c1cccs1)N(C(=O)/C=C/c1cccs1)CC2. The van der Waals surface area contributed by atoms with E-state index >= 15 is 0 Å². The summed E-state index contributed by atoms with van der Waals surface area (Å²) >= 11 is 3.29. The number of hydrogen-bond donors (Lipinski definition) is 0. The minimum absolute atomic E-state index is 0.0206. The monoisotopic (exact) mass is 411 g/mol. The maximum Gasteiger partial charge on any atom is 0.247 e. The summed E-state index contributed by atoms with van der Waals surface area (Å²) in [5.41, 5.74) is 2.30. The second kappa shape index (κ2) is 8.20. The molecule has 1 amide bonds. The maximum atomic E-state index is 13.1. The van der Waals surface area contributed by atoms with E-state index in [0.717, 1.165) is 27.5 Å². The zero-order chi connectivity index (χ0) is 19.5. The van der Waals surface area contributed by atoms with Crippen LogP contribution in [0.1, 0.15) is 26.9 Å². The average Bonchev–Trinajstić information content (AvgIpc) is 3.44. The first-order chi connectivity index (χ1) is 13.7. The molecule has 1 aliphatic rings. The van der Waals surface area contributed by atoms with Crippen LogP contribution < -0.4 is 9.47 Å². The third kappa shape index (κ3) is 3.57. The number of fused-ring (bicyclic) bond motifs is 1. The van der Waals surface area contributed by atoms with Gasteiger partial charge in [0, 0.05) is 22.4 Å². The maximum absolute atomic E-state index is 13.1. The molecule has 3 aromatic rings. The smallest absolute Gasteiger partial charge is 0.247 e. The molecule has 144 valence electrons. The highest BCUT2D eigenvalue weighted by molar-refractivity contribution is 7.10. The van der Waals surface area contributed by atoms with Gasteiger partial charge in [-0.2, -0.15) is 0 Å². The predicted octanol–water partition coefficient (Wildman–Crippen LogP) is 5.01. The van der Waals surface area contributed by atoms with Gasteiger partial charge in [0.25, 0.3) is 0 Å². The van der Waals surface area contributed by atoms with Crippen LogP contribution in [0.25, 0.3) is 6.08 Å². The molecule has 4 nitrogen and oxygen atoms in total. The normalized spacial score (nSPS) is 16.2. The van der Waals surface area contributed by atoms with Crippen molar-refractivity contribution in [1.29, 1.82) is 0 Å². The fourth-order valence-electron chi connectivity index (χ4n) is 3.57. The van der Waals surface area contributed by atoms with E-state index < -0.39 is 0 Å². The van der Waals surface area contributed by atoms with Crippen LogP contribution in [0.3, 0.4) is 0 Å². The first kappa shape index (κ1) is 18.8. The average molecular weight is 412 g/mol. The fraction of sp³-hybridized carbons (Fsp3) is 0.227. The molecule has 0 radical (unpaired) electrons. The van der Waals surface area contributed by atoms with Gasteiger partial charge in [0.2, 0.25) is 5.91 Å². The molecule has 1 atom stereocenters.